The molecule has 1 aliphatic carbocycles. The smallest absolute Gasteiger partial charge is 0.00884 e. The van der Waals surface area contributed by atoms with E-state index in [0.717, 1.165) is 12.3 Å². The van der Waals surface area contributed by atoms with Crippen molar-refractivity contribution < 1.29 is 0 Å². The van der Waals surface area contributed by atoms with E-state index in [2.05, 4.69) is 32.1 Å². The summed E-state index contributed by atoms with van der Waals surface area (Å²) in [5, 5.41) is 0. The van der Waals surface area contributed by atoms with Crippen molar-refractivity contribution in [1.82, 2.24) is 0 Å². The molecule has 0 spiro atoms. The Bertz CT molecular complexity index is 151. The summed E-state index contributed by atoms with van der Waals surface area (Å²) in [6.45, 7) is 4.51. The number of hydrogen-bond acceptors (Lipinski definition) is 0. The number of allylic oxidation sites excluding steroid dienone is 4. The zero-order valence-electron chi connectivity index (χ0n) is 6.85. The van der Waals surface area contributed by atoms with Crippen molar-refractivity contribution in [2.24, 2.45) is 5.92 Å². The topological polar surface area (TPSA) is 0 Å². The molecule has 0 fully saturated rings. The third-order valence-corrected chi connectivity index (χ3v) is 1.97. The largest absolute Gasteiger partial charge is 0.0798 e. The second-order valence-electron chi connectivity index (χ2n) is 2.93. The fraction of sp³-hybridized carbons (Fsp3) is 0.600. The molecule has 1 aliphatic rings. The van der Waals surface area contributed by atoms with Gasteiger partial charge >= 0.3 is 0 Å². The molecule has 0 saturated heterocycles. The van der Waals surface area contributed by atoms with Crippen LogP contribution >= 0.6 is 0 Å². The molecule has 0 saturated carbocycles. The molecule has 0 aromatic heterocycles. The van der Waals surface area contributed by atoms with E-state index in [1.807, 2.05) is 0 Å². The third kappa shape index (κ3) is 1.73. The Morgan fingerprint density at radius 3 is 3.00 bits per heavy atom. The Kier molecular flexibility index (Phi) is 2.73. The second-order valence-corrected chi connectivity index (χ2v) is 2.93. The summed E-state index contributed by atoms with van der Waals surface area (Å²) in [6, 6.07) is 0. The fourth-order valence-corrected chi connectivity index (χ4v) is 1.35. The minimum absolute atomic E-state index is 0.726. The van der Waals surface area contributed by atoms with E-state index in [0.29, 0.717) is 0 Å². The maximum atomic E-state index is 3.35. The van der Waals surface area contributed by atoms with Gasteiger partial charge in [0.15, 0.2) is 0 Å². The van der Waals surface area contributed by atoms with Crippen LogP contribution in [0.4, 0.5) is 0 Å². The minimum Gasteiger partial charge on any atom is -0.0798 e. The van der Waals surface area contributed by atoms with Crippen LogP contribution in [0.15, 0.2) is 17.7 Å². The Morgan fingerprint density at radius 1 is 1.70 bits per heavy atom. The Hall–Kier alpha value is -0.520. The van der Waals surface area contributed by atoms with Crippen molar-refractivity contribution >= 4 is 0 Å². The summed E-state index contributed by atoms with van der Waals surface area (Å²) < 4.78 is 0. The number of hydrogen-bond donors (Lipinski definition) is 0. The van der Waals surface area contributed by atoms with Crippen LogP contribution in [0.1, 0.15) is 33.1 Å². The average molecular weight is 135 g/mol. The molecule has 1 unspecified atom stereocenters. The molecule has 0 N–H and O–H groups in total. The van der Waals surface area contributed by atoms with Gasteiger partial charge in [-0.2, -0.15) is 0 Å². The standard InChI is InChI=1S/C10H15/c1-3-6-9(2)10-7-4-5-8-10/h4,7,9H,3,5-6H2,1-2H3. The predicted molar refractivity (Wildman–Crippen MR) is 44.6 cm³/mol. The van der Waals surface area contributed by atoms with E-state index in [4.69, 9.17) is 0 Å². The lowest BCUT2D eigenvalue weighted by Crippen LogP contribution is -1.94. The maximum absolute atomic E-state index is 3.35. The fourth-order valence-electron chi connectivity index (χ4n) is 1.35. The Morgan fingerprint density at radius 2 is 2.50 bits per heavy atom. The van der Waals surface area contributed by atoms with Crippen molar-refractivity contribution in [3.8, 4) is 0 Å². The van der Waals surface area contributed by atoms with Gasteiger partial charge in [-0.25, -0.2) is 0 Å². The van der Waals surface area contributed by atoms with Gasteiger partial charge in [0.05, 0.1) is 0 Å². The molecule has 0 aliphatic heterocycles. The molecule has 55 valence electrons. The zero-order chi connectivity index (χ0) is 7.40. The molecule has 0 aromatic carbocycles. The summed E-state index contributed by atoms with van der Waals surface area (Å²) in [5.41, 5.74) is 1.42. The van der Waals surface area contributed by atoms with Crippen LogP contribution < -0.4 is 0 Å². The van der Waals surface area contributed by atoms with E-state index < -0.39 is 0 Å². The van der Waals surface area contributed by atoms with Crippen LogP contribution in [0.2, 0.25) is 0 Å². The van der Waals surface area contributed by atoms with Crippen LogP contribution in [0.5, 0.6) is 0 Å². The van der Waals surface area contributed by atoms with Gasteiger partial charge < -0.3 is 0 Å². The van der Waals surface area contributed by atoms with Gasteiger partial charge in [-0.3, -0.25) is 0 Å². The first kappa shape index (κ1) is 7.59. The molecule has 0 aromatic rings. The van der Waals surface area contributed by atoms with Gasteiger partial charge in [0.1, 0.15) is 0 Å². The second kappa shape index (κ2) is 3.60. The molecule has 0 bridgehead atoms. The summed E-state index contributed by atoms with van der Waals surface area (Å²) >= 11 is 0. The molecule has 0 heteroatoms. The summed E-state index contributed by atoms with van der Waals surface area (Å²) in [4.78, 5) is 0. The van der Waals surface area contributed by atoms with Crippen LogP contribution in [0.3, 0.4) is 0 Å². The molecule has 0 nitrogen and oxygen atoms in total. The van der Waals surface area contributed by atoms with E-state index in [1.165, 1.54) is 18.4 Å². The van der Waals surface area contributed by atoms with E-state index >= 15 is 0 Å². The van der Waals surface area contributed by atoms with Gasteiger partial charge in [0, 0.05) is 0 Å². The van der Waals surface area contributed by atoms with Gasteiger partial charge in [-0.1, -0.05) is 32.4 Å². The van der Waals surface area contributed by atoms with Crippen LogP contribution in [0.25, 0.3) is 0 Å². The number of rotatable bonds is 3. The van der Waals surface area contributed by atoms with Crippen molar-refractivity contribution in [2.45, 2.75) is 33.1 Å². The molecule has 1 atom stereocenters. The molecule has 0 heterocycles. The molecule has 1 radical (unpaired) electrons. The lowest BCUT2D eigenvalue weighted by atomic mass is 9.98. The van der Waals surface area contributed by atoms with Gasteiger partial charge in [-0.05, 0) is 30.4 Å². The first-order valence-corrected chi connectivity index (χ1v) is 4.12. The van der Waals surface area contributed by atoms with E-state index in [9.17, 15) is 0 Å². The summed E-state index contributed by atoms with van der Waals surface area (Å²) in [6.07, 6.45) is 11.3. The monoisotopic (exact) mass is 135 g/mol. The maximum Gasteiger partial charge on any atom is -0.00884 e. The van der Waals surface area contributed by atoms with Crippen LogP contribution in [-0.2, 0) is 0 Å². The highest BCUT2D eigenvalue weighted by atomic mass is 14.1. The van der Waals surface area contributed by atoms with E-state index in [-0.39, 0.29) is 0 Å². The van der Waals surface area contributed by atoms with Crippen molar-refractivity contribution in [3.05, 3.63) is 23.8 Å². The van der Waals surface area contributed by atoms with Crippen LogP contribution in [-0.4, -0.2) is 0 Å². The highest BCUT2D eigenvalue weighted by Crippen LogP contribution is 2.21. The minimum atomic E-state index is 0.726. The molecular weight excluding hydrogens is 120 g/mol. The molecule has 10 heavy (non-hydrogen) atoms. The van der Waals surface area contributed by atoms with E-state index in [1.54, 1.807) is 0 Å². The van der Waals surface area contributed by atoms with Crippen molar-refractivity contribution in [1.29, 1.82) is 0 Å². The first-order valence-electron chi connectivity index (χ1n) is 4.12. The predicted octanol–water partition coefficient (Wildman–Crippen LogP) is 3.11. The summed E-state index contributed by atoms with van der Waals surface area (Å²) in [5.74, 6) is 0.726. The van der Waals surface area contributed by atoms with Crippen LogP contribution in [0, 0.1) is 12.0 Å². The highest BCUT2D eigenvalue weighted by Gasteiger charge is 2.06. The lowest BCUT2D eigenvalue weighted by molar-refractivity contribution is 0.612. The zero-order valence-corrected chi connectivity index (χ0v) is 6.85. The van der Waals surface area contributed by atoms with Crippen molar-refractivity contribution in [3.63, 3.8) is 0 Å². The molecule has 0 amide bonds. The molecular formula is C10H15. The van der Waals surface area contributed by atoms with Gasteiger partial charge in [0.2, 0.25) is 0 Å². The first-order chi connectivity index (χ1) is 4.84. The highest BCUT2D eigenvalue weighted by molar-refractivity contribution is 5.24. The Labute approximate surface area is 63.6 Å². The lowest BCUT2D eigenvalue weighted by Gasteiger charge is -2.07. The van der Waals surface area contributed by atoms with Gasteiger partial charge in [0.25, 0.3) is 0 Å². The van der Waals surface area contributed by atoms with Gasteiger partial charge in [-0.15, -0.1) is 0 Å². The molecule has 1 rings (SSSR count). The van der Waals surface area contributed by atoms with Crippen molar-refractivity contribution in [2.75, 3.05) is 0 Å². The quantitative estimate of drug-likeness (QED) is 0.557. The third-order valence-electron chi connectivity index (χ3n) is 1.97. The Balaban J connectivity index is 2.40. The SMILES string of the molecule is CCCC(C)C1=[C]CC=C1. The summed E-state index contributed by atoms with van der Waals surface area (Å²) in [7, 11) is 0. The normalized spacial score (nSPS) is 19.2. The average Bonchev–Trinajstić information content (AvgIpc) is 2.38.